The van der Waals surface area contributed by atoms with Gasteiger partial charge in [0.25, 0.3) is 5.91 Å². The molecule has 1 atom stereocenters. The van der Waals surface area contributed by atoms with E-state index in [9.17, 15) is 4.79 Å². The molecule has 1 aliphatic rings. The minimum Gasteiger partial charge on any atom is -0.451 e. The Balaban J connectivity index is 1.51. The van der Waals surface area contributed by atoms with Crippen LogP contribution in [0.1, 0.15) is 52.7 Å². The number of aryl methyl sites for hydroxylation is 1. The predicted molar refractivity (Wildman–Crippen MR) is 110 cm³/mol. The summed E-state index contributed by atoms with van der Waals surface area (Å²) in [6.07, 6.45) is 5.08. The van der Waals surface area contributed by atoms with E-state index in [0.717, 1.165) is 29.6 Å². The van der Waals surface area contributed by atoms with Gasteiger partial charge < -0.3 is 9.73 Å². The van der Waals surface area contributed by atoms with E-state index < -0.39 is 0 Å². The summed E-state index contributed by atoms with van der Waals surface area (Å²) >= 11 is 1.77. The molecule has 1 aliphatic heterocycles. The molecule has 0 bridgehead atoms. The Morgan fingerprint density at radius 3 is 2.63 bits per heavy atom. The molecule has 0 spiro atoms. The molecule has 3 heterocycles. The fraction of sp³-hybridized carbons (Fsp3) is 0.409. The Hall–Kier alpha value is -2.11. The van der Waals surface area contributed by atoms with E-state index in [-0.39, 0.29) is 11.9 Å². The first-order valence-electron chi connectivity index (χ1n) is 9.78. The Kier molecular flexibility index (Phi) is 5.60. The number of furan rings is 1. The predicted octanol–water partition coefficient (Wildman–Crippen LogP) is 5.15. The molecule has 1 amide bonds. The average Bonchev–Trinajstić information content (AvgIpc) is 3.24. The third-order valence-electron chi connectivity index (χ3n) is 5.46. The van der Waals surface area contributed by atoms with Crippen molar-refractivity contribution in [2.45, 2.75) is 38.6 Å². The zero-order valence-electron chi connectivity index (χ0n) is 15.7. The summed E-state index contributed by atoms with van der Waals surface area (Å²) in [6, 6.07) is 12.3. The number of para-hydroxylation sites is 1. The van der Waals surface area contributed by atoms with Crippen molar-refractivity contribution in [1.82, 2.24) is 10.2 Å². The number of nitrogens with zero attached hydrogens (tertiary/aromatic N) is 1. The van der Waals surface area contributed by atoms with Crippen LogP contribution >= 0.6 is 11.3 Å². The highest BCUT2D eigenvalue weighted by atomic mass is 32.1. The fourth-order valence-electron chi connectivity index (χ4n) is 3.96. The molecule has 1 aromatic carbocycles. The molecule has 5 heteroatoms. The van der Waals surface area contributed by atoms with E-state index in [1.165, 1.54) is 30.6 Å². The number of carbonyl (C=O) groups excluding carboxylic acids is 1. The number of thiophene rings is 1. The molecule has 1 fully saturated rings. The molecule has 142 valence electrons. The molecule has 0 aliphatic carbocycles. The van der Waals surface area contributed by atoms with Crippen molar-refractivity contribution in [3.05, 3.63) is 58.0 Å². The first kappa shape index (κ1) is 18.3. The third kappa shape index (κ3) is 3.94. The fourth-order valence-corrected chi connectivity index (χ4v) is 4.82. The van der Waals surface area contributed by atoms with Crippen LogP contribution in [0.15, 0.2) is 46.2 Å². The summed E-state index contributed by atoms with van der Waals surface area (Å²) in [5.74, 6) is 0.303. The smallest absolute Gasteiger partial charge is 0.287 e. The number of rotatable bonds is 5. The number of hydrogen-bond donors (Lipinski definition) is 1. The monoisotopic (exact) mass is 382 g/mol. The van der Waals surface area contributed by atoms with Crippen LogP contribution in [0.2, 0.25) is 0 Å². The van der Waals surface area contributed by atoms with E-state index in [2.05, 4.69) is 27.7 Å². The lowest BCUT2D eigenvalue weighted by atomic mass is 10.1. The molecule has 2 aromatic heterocycles. The summed E-state index contributed by atoms with van der Waals surface area (Å²) < 4.78 is 5.83. The van der Waals surface area contributed by atoms with Crippen LogP contribution in [0.25, 0.3) is 11.0 Å². The van der Waals surface area contributed by atoms with Gasteiger partial charge in [-0.05, 0) is 50.4 Å². The van der Waals surface area contributed by atoms with Gasteiger partial charge in [-0.3, -0.25) is 9.69 Å². The Morgan fingerprint density at radius 1 is 1.15 bits per heavy atom. The standard InChI is InChI=1S/C22H26N2O2S/c1-16-17-9-4-5-10-19(17)26-21(16)22(25)23-15-18(20-11-8-14-27-20)24-12-6-2-3-7-13-24/h4-5,8-11,14,18H,2-3,6-7,12-13,15H2,1H3,(H,23,25)/t18-/m1/s1. The van der Waals surface area contributed by atoms with Gasteiger partial charge in [0.1, 0.15) is 5.58 Å². The van der Waals surface area contributed by atoms with E-state index in [0.29, 0.717) is 12.3 Å². The van der Waals surface area contributed by atoms with Gasteiger partial charge in [-0.25, -0.2) is 0 Å². The average molecular weight is 383 g/mol. The third-order valence-corrected chi connectivity index (χ3v) is 6.43. The van der Waals surface area contributed by atoms with Gasteiger partial charge in [-0.15, -0.1) is 11.3 Å². The topological polar surface area (TPSA) is 45.5 Å². The number of likely N-dealkylation sites (tertiary alicyclic amines) is 1. The number of fused-ring (bicyclic) bond motifs is 1. The highest BCUT2D eigenvalue weighted by molar-refractivity contribution is 7.10. The summed E-state index contributed by atoms with van der Waals surface area (Å²) in [7, 11) is 0. The van der Waals surface area contributed by atoms with Gasteiger partial charge in [0, 0.05) is 22.4 Å². The van der Waals surface area contributed by atoms with Gasteiger partial charge in [-0.2, -0.15) is 0 Å². The quantitative estimate of drug-likeness (QED) is 0.664. The maximum Gasteiger partial charge on any atom is 0.287 e. The molecule has 1 N–H and O–H groups in total. The number of nitrogens with one attached hydrogen (secondary N) is 1. The van der Waals surface area contributed by atoms with Crippen LogP contribution in [0.4, 0.5) is 0 Å². The molecule has 27 heavy (non-hydrogen) atoms. The van der Waals surface area contributed by atoms with Crippen molar-refractivity contribution in [1.29, 1.82) is 0 Å². The van der Waals surface area contributed by atoms with Crippen molar-refractivity contribution >= 4 is 28.2 Å². The number of carbonyl (C=O) groups is 1. The lowest BCUT2D eigenvalue weighted by molar-refractivity contribution is 0.0907. The van der Waals surface area contributed by atoms with Crippen LogP contribution in [0, 0.1) is 6.92 Å². The van der Waals surface area contributed by atoms with Crippen LogP contribution in [-0.4, -0.2) is 30.4 Å². The maximum atomic E-state index is 12.8. The Morgan fingerprint density at radius 2 is 1.93 bits per heavy atom. The summed E-state index contributed by atoms with van der Waals surface area (Å²) in [5.41, 5.74) is 1.67. The second kappa shape index (κ2) is 8.28. The van der Waals surface area contributed by atoms with Gasteiger partial charge in [0.2, 0.25) is 0 Å². The molecule has 0 radical (unpaired) electrons. The lowest BCUT2D eigenvalue weighted by Gasteiger charge is -2.30. The normalized spacial score (nSPS) is 16.9. The maximum absolute atomic E-state index is 12.8. The van der Waals surface area contributed by atoms with E-state index in [1.807, 2.05) is 31.2 Å². The highest BCUT2D eigenvalue weighted by Gasteiger charge is 2.24. The molecule has 0 saturated carbocycles. The highest BCUT2D eigenvalue weighted by Crippen LogP contribution is 2.28. The first-order valence-corrected chi connectivity index (χ1v) is 10.7. The van der Waals surface area contributed by atoms with Crippen molar-refractivity contribution < 1.29 is 9.21 Å². The van der Waals surface area contributed by atoms with Crippen molar-refractivity contribution in [3.8, 4) is 0 Å². The van der Waals surface area contributed by atoms with E-state index >= 15 is 0 Å². The Labute approximate surface area is 164 Å². The van der Waals surface area contributed by atoms with Crippen LogP contribution in [0.3, 0.4) is 0 Å². The van der Waals surface area contributed by atoms with Crippen molar-refractivity contribution in [3.63, 3.8) is 0 Å². The zero-order valence-corrected chi connectivity index (χ0v) is 16.6. The summed E-state index contributed by atoms with van der Waals surface area (Å²) in [4.78, 5) is 16.7. The van der Waals surface area contributed by atoms with E-state index in [4.69, 9.17) is 4.42 Å². The minimum absolute atomic E-state index is 0.125. The van der Waals surface area contributed by atoms with Gasteiger partial charge in [0.05, 0.1) is 6.04 Å². The van der Waals surface area contributed by atoms with Crippen LogP contribution in [-0.2, 0) is 0 Å². The van der Waals surface area contributed by atoms with Gasteiger partial charge >= 0.3 is 0 Å². The molecular formula is C22H26N2O2S. The zero-order chi connectivity index (χ0) is 18.6. The second-order valence-corrected chi connectivity index (χ2v) is 8.22. The summed E-state index contributed by atoms with van der Waals surface area (Å²) in [5, 5.41) is 6.26. The molecule has 3 aromatic rings. The number of amides is 1. The molecule has 0 unspecified atom stereocenters. The molecule has 4 rings (SSSR count). The molecule has 1 saturated heterocycles. The van der Waals surface area contributed by atoms with Crippen LogP contribution < -0.4 is 5.32 Å². The van der Waals surface area contributed by atoms with Crippen molar-refractivity contribution in [2.24, 2.45) is 0 Å². The largest absolute Gasteiger partial charge is 0.451 e. The van der Waals surface area contributed by atoms with Crippen molar-refractivity contribution in [2.75, 3.05) is 19.6 Å². The summed E-state index contributed by atoms with van der Waals surface area (Å²) in [6.45, 7) is 4.76. The van der Waals surface area contributed by atoms with E-state index in [1.54, 1.807) is 11.3 Å². The lowest BCUT2D eigenvalue weighted by Crippen LogP contribution is -2.38. The minimum atomic E-state index is -0.125. The number of benzene rings is 1. The van der Waals surface area contributed by atoms with Crippen LogP contribution in [0.5, 0.6) is 0 Å². The van der Waals surface area contributed by atoms with Gasteiger partial charge in [0.15, 0.2) is 5.76 Å². The molecule has 4 nitrogen and oxygen atoms in total. The van der Waals surface area contributed by atoms with Gasteiger partial charge in [-0.1, -0.05) is 37.1 Å². The molecular weight excluding hydrogens is 356 g/mol. The second-order valence-electron chi connectivity index (χ2n) is 7.24. The Bertz CT molecular complexity index is 892. The number of hydrogen-bond acceptors (Lipinski definition) is 4. The SMILES string of the molecule is Cc1c(C(=O)NC[C@H](c2cccs2)N2CCCCCC2)oc2ccccc12. The first-order chi connectivity index (χ1) is 13.2.